The standard InChI is InChI=1S/C23H24ClF3N4O2/c1-4-31(20(32)22(2,3)23(25,26)27)13-14-10-11-17(24)16(12-14)19-28-18(29-21(33)30-19)15-8-6-5-7-9-15/h5-12,20,32H,4,13H2,1-3H3,(H,28,29,30,33). The second-order valence-electron chi connectivity index (χ2n) is 8.16. The number of hydrogen-bond donors (Lipinski definition) is 2. The summed E-state index contributed by atoms with van der Waals surface area (Å²) < 4.78 is 40.3. The lowest BCUT2D eigenvalue weighted by Crippen LogP contribution is -2.51. The van der Waals surface area contributed by atoms with Crippen molar-refractivity contribution in [2.24, 2.45) is 5.41 Å². The van der Waals surface area contributed by atoms with E-state index in [4.69, 9.17) is 11.6 Å². The fraction of sp³-hybridized carbons (Fsp3) is 0.348. The van der Waals surface area contributed by atoms with Crippen molar-refractivity contribution in [1.29, 1.82) is 0 Å². The average Bonchev–Trinajstić information content (AvgIpc) is 2.77. The van der Waals surface area contributed by atoms with Gasteiger partial charge in [0.2, 0.25) is 0 Å². The maximum Gasteiger partial charge on any atom is 0.397 e. The third-order valence-corrected chi connectivity index (χ3v) is 5.81. The van der Waals surface area contributed by atoms with Crippen LogP contribution in [0.4, 0.5) is 13.2 Å². The molecule has 0 saturated heterocycles. The Balaban J connectivity index is 1.96. The Labute approximate surface area is 194 Å². The zero-order chi connectivity index (χ0) is 24.4. The van der Waals surface area contributed by atoms with Crippen LogP contribution in [0.1, 0.15) is 26.3 Å². The number of nitrogens with zero attached hydrogens (tertiary/aromatic N) is 3. The van der Waals surface area contributed by atoms with E-state index in [1.54, 1.807) is 49.4 Å². The number of halogens is 4. The molecule has 1 aromatic heterocycles. The van der Waals surface area contributed by atoms with Crippen molar-refractivity contribution in [3.05, 3.63) is 69.6 Å². The molecule has 0 fully saturated rings. The van der Waals surface area contributed by atoms with Crippen LogP contribution in [0.15, 0.2) is 53.3 Å². The van der Waals surface area contributed by atoms with Crippen LogP contribution in [0.3, 0.4) is 0 Å². The lowest BCUT2D eigenvalue weighted by atomic mass is 9.89. The maximum atomic E-state index is 13.4. The molecule has 0 amide bonds. The molecule has 3 aromatic rings. The van der Waals surface area contributed by atoms with Crippen molar-refractivity contribution in [3.63, 3.8) is 0 Å². The number of alkyl halides is 3. The monoisotopic (exact) mass is 480 g/mol. The van der Waals surface area contributed by atoms with Crippen molar-refractivity contribution < 1.29 is 18.3 Å². The second-order valence-corrected chi connectivity index (χ2v) is 8.57. The van der Waals surface area contributed by atoms with E-state index in [9.17, 15) is 23.1 Å². The molecule has 176 valence electrons. The van der Waals surface area contributed by atoms with Gasteiger partial charge in [-0.2, -0.15) is 18.2 Å². The Morgan fingerprint density at radius 1 is 1.12 bits per heavy atom. The van der Waals surface area contributed by atoms with Gasteiger partial charge in [-0.25, -0.2) is 9.78 Å². The number of nitrogens with one attached hydrogen (secondary N) is 1. The van der Waals surface area contributed by atoms with Gasteiger partial charge in [0.05, 0.1) is 10.4 Å². The molecule has 1 unspecified atom stereocenters. The molecule has 0 radical (unpaired) electrons. The number of hydrogen-bond acceptors (Lipinski definition) is 5. The fourth-order valence-corrected chi connectivity index (χ4v) is 3.50. The van der Waals surface area contributed by atoms with Gasteiger partial charge in [0, 0.05) is 17.7 Å². The zero-order valence-corrected chi connectivity index (χ0v) is 19.1. The molecule has 0 spiro atoms. The molecule has 1 atom stereocenters. The van der Waals surface area contributed by atoms with Crippen molar-refractivity contribution in [3.8, 4) is 22.8 Å². The van der Waals surface area contributed by atoms with E-state index >= 15 is 0 Å². The maximum absolute atomic E-state index is 13.4. The topological polar surface area (TPSA) is 82.1 Å². The molecule has 1 heterocycles. The first-order valence-electron chi connectivity index (χ1n) is 10.3. The van der Waals surface area contributed by atoms with Gasteiger partial charge in [-0.15, -0.1) is 0 Å². The Morgan fingerprint density at radius 2 is 1.79 bits per heavy atom. The van der Waals surface area contributed by atoms with Gasteiger partial charge in [-0.1, -0.05) is 54.9 Å². The first kappa shape index (κ1) is 24.9. The summed E-state index contributed by atoms with van der Waals surface area (Å²) in [6, 6.07) is 13.8. The van der Waals surface area contributed by atoms with Crippen LogP contribution in [-0.2, 0) is 6.54 Å². The normalized spacial score (nSPS) is 13.4. The van der Waals surface area contributed by atoms with Gasteiger partial charge in [-0.05, 0) is 38.1 Å². The number of aliphatic hydroxyl groups excluding tert-OH is 1. The molecule has 0 aliphatic heterocycles. The van der Waals surface area contributed by atoms with Gasteiger partial charge >= 0.3 is 11.9 Å². The minimum absolute atomic E-state index is 0.0300. The molecule has 33 heavy (non-hydrogen) atoms. The van der Waals surface area contributed by atoms with Crippen molar-refractivity contribution in [2.45, 2.75) is 39.7 Å². The van der Waals surface area contributed by atoms with Crippen molar-refractivity contribution in [2.75, 3.05) is 6.54 Å². The molecule has 0 bridgehead atoms. The Morgan fingerprint density at radius 3 is 2.39 bits per heavy atom. The summed E-state index contributed by atoms with van der Waals surface area (Å²) in [5.41, 5.74) is -1.31. The number of aromatic nitrogens is 3. The van der Waals surface area contributed by atoms with E-state index in [1.807, 2.05) is 6.07 Å². The van der Waals surface area contributed by atoms with E-state index in [2.05, 4.69) is 15.0 Å². The summed E-state index contributed by atoms with van der Waals surface area (Å²) in [7, 11) is 0. The predicted octanol–water partition coefficient (Wildman–Crippen LogP) is 4.88. The van der Waals surface area contributed by atoms with Gasteiger partial charge in [0.1, 0.15) is 12.1 Å². The van der Waals surface area contributed by atoms with Crippen LogP contribution >= 0.6 is 11.6 Å². The van der Waals surface area contributed by atoms with Crippen molar-refractivity contribution >= 4 is 11.6 Å². The Hall–Kier alpha value is -2.75. The minimum Gasteiger partial charge on any atom is -0.377 e. The third kappa shape index (κ3) is 5.43. The number of benzene rings is 2. The lowest BCUT2D eigenvalue weighted by molar-refractivity contribution is -0.266. The molecule has 10 heteroatoms. The fourth-order valence-electron chi connectivity index (χ4n) is 3.29. The predicted molar refractivity (Wildman–Crippen MR) is 120 cm³/mol. The number of aromatic amines is 1. The average molecular weight is 481 g/mol. The van der Waals surface area contributed by atoms with E-state index in [-0.39, 0.29) is 24.7 Å². The molecule has 3 rings (SSSR count). The van der Waals surface area contributed by atoms with E-state index < -0.39 is 23.5 Å². The molecular formula is C23H24ClF3N4O2. The SMILES string of the molecule is CCN(Cc1ccc(Cl)c(-c2nc(-c3ccccc3)nc(=O)[nH]2)c1)C(O)C(C)(C)C(F)(F)F. The molecule has 2 aromatic carbocycles. The van der Waals surface area contributed by atoms with E-state index in [0.717, 1.165) is 13.8 Å². The van der Waals surface area contributed by atoms with E-state index in [0.29, 0.717) is 21.7 Å². The van der Waals surface area contributed by atoms with Gasteiger partial charge in [0.15, 0.2) is 5.82 Å². The molecule has 0 aliphatic carbocycles. The third-order valence-electron chi connectivity index (χ3n) is 5.48. The highest BCUT2D eigenvalue weighted by Crippen LogP contribution is 2.41. The smallest absolute Gasteiger partial charge is 0.377 e. The number of aliphatic hydroxyl groups is 1. The highest BCUT2D eigenvalue weighted by molar-refractivity contribution is 6.33. The number of H-pyrrole nitrogens is 1. The minimum atomic E-state index is -4.58. The first-order chi connectivity index (χ1) is 15.4. The van der Waals surface area contributed by atoms with Gasteiger partial charge in [-0.3, -0.25) is 9.88 Å². The van der Waals surface area contributed by atoms with Crippen LogP contribution < -0.4 is 5.69 Å². The van der Waals surface area contributed by atoms with Crippen molar-refractivity contribution in [1.82, 2.24) is 19.9 Å². The summed E-state index contributed by atoms with van der Waals surface area (Å²) in [6.07, 6.45) is -6.34. The zero-order valence-electron chi connectivity index (χ0n) is 18.3. The van der Waals surface area contributed by atoms with Gasteiger partial charge < -0.3 is 5.11 Å². The van der Waals surface area contributed by atoms with Crippen LogP contribution in [0.5, 0.6) is 0 Å². The highest BCUT2D eigenvalue weighted by Gasteiger charge is 2.53. The molecule has 0 saturated carbocycles. The summed E-state index contributed by atoms with van der Waals surface area (Å²) in [5.74, 6) is 0.397. The molecule has 0 aliphatic rings. The molecule has 2 N–H and O–H groups in total. The summed E-state index contributed by atoms with van der Waals surface area (Å²) in [4.78, 5) is 24.4. The highest BCUT2D eigenvalue weighted by atomic mass is 35.5. The summed E-state index contributed by atoms with van der Waals surface area (Å²) >= 11 is 6.35. The largest absolute Gasteiger partial charge is 0.397 e. The van der Waals surface area contributed by atoms with Crippen LogP contribution in [0, 0.1) is 5.41 Å². The summed E-state index contributed by atoms with van der Waals surface area (Å²) in [6.45, 7) is 3.80. The molecule has 6 nitrogen and oxygen atoms in total. The van der Waals surface area contributed by atoms with Crippen LogP contribution in [0.25, 0.3) is 22.8 Å². The van der Waals surface area contributed by atoms with E-state index in [1.165, 1.54) is 4.90 Å². The van der Waals surface area contributed by atoms with Crippen LogP contribution in [0.2, 0.25) is 5.02 Å². The number of rotatable bonds is 7. The Kier molecular flexibility index (Phi) is 7.26. The van der Waals surface area contributed by atoms with Gasteiger partial charge in [0.25, 0.3) is 0 Å². The first-order valence-corrected chi connectivity index (χ1v) is 10.6. The Bertz CT molecular complexity index is 1170. The summed E-state index contributed by atoms with van der Waals surface area (Å²) in [5, 5.41) is 10.8. The molecular weight excluding hydrogens is 457 g/mol. The quantitative estimate of drug-likeness (QED) is 0.471. The lowest BCUT2D eigenvalue weighted by Gasteiger charge is -2.39. The van der Waals surface area contributed by atoms with Crippen LogP contribution in [-0.4, -0.2) is 43.9 Å². The second kappa shape index (κ2) is 9.62.